The molecule has 0 bridgehead atoms. The van der Waals surface area contributed by atoms with Crippen LogP contribution in [0.2, 0.25) is 5.15 Å². The second-order valence-electron chi connectivity index (χ2n) is 9.73. The Morgan fingerprint density at radius 1 is 1.12 bits per heavy atom. The summed E-state index contributed by atoms with van der Waals surface area (Å²) in [4.78, 5) is 18.1. The van der Waals surface area contributed by atoms with E-state index in [1.165, 1.54) is 7.11 Å². The number of hydrogen-bond donors (Lipinski definition) is 3. The largest absolute Gasteiger partial charge is 0.467 e. The minimum absolute atomic E-state index is 0.310. The van der Waals surface area contributed by atoms with Gasteiger partial charge in [-0.2, -0.15) is 5.21 Å². The van der Waals surface area contributed by atoms with Crippen LogP contribution in [0.1, 0.15) is 56.1 Å². The van der Waals surface area contributed by atoms with Crippen LogP contribution >= 0.6 is 11.6 Å². The third-order valence-electron chi connectivity index (χ3n) is 7.25. The molecule has 10 nitrogen and oxygen atoms in total. The van der Waals surface area contributed by atoms with Gasteiger partial charge in [-0.15, -0.1) is 10.2 Å². The van der Waals surface area contributed by atoms with Crippen molar-refractivity contribution in [2.24, 2.45) is 5.73 Å². The first-order valence-electron chi connectivity index (χ1n) is 13.6. The normalized spacial score (nSPS) is 12.8. The minimum atomic E-state index is -1.15. The standard InChI is InChI=1S/C29H37ClN8O2/c1-4-5-12-24-33-26(30)25(29(32-2,28(39)40-3)17-8-9-18-31)38(24)19-20-13-15-21(16-14-20)22-10-6-7-11-23(22)27-34-36-37-35-27/h6-7,10-11,13-16,32H,4-5,8-9,12,17-19,31H2,1-3H3,(H,34,35,36,37)/t29-/m0/s1. The number of halogens is 1. The van der Waals surface area contributed by atoms with Crippen LogP contribution in [-0.4, -0.2) is 56.8 Å². The van der Waals surface area contributed by atoms with Gasteiger partial charge in [0.1, 0.15) is 5.82 Å². The topological polar surface area (TPSA) is 137 Å². The van der Waals surface area contributed by atoms with E-state index in [0.717, 1.165) is 60.2 Å². The highest BCUT2D eigenvalue weighted by Crippen LogP contribution is 2.36. The Balaban J connectivity index is 1.74. The fourth-order valence-electron chi connectivity index (χ4n) is 5.12. The molecule has 212 valence electrons. The molecule has 4 aromatic rings. The lowest BCUT2D eigenvalue weighted by Crippen LogP contribution is -2.50. The highest BCUT2D eigenvalue weighted by Gasteiger charge is 2.45. The maximum atomic E-state index is 13.3. The number of imidazole rings is 1. The summed E-state index contributed by atoms with van der Waals surface area (Å²) < 4.78 is 7.38. The van der Waals surface area contributed by atoms with Crippen molar-refractivity contribution in [1.29, 1.82) is 0 Å². The van der Waals surface area contributed by atoms with Crippen molar-refractivity contribution in [2.75, 3.05) is 20.7 Å². The Kier molecular flexibility index (Phi) is 10.0. The third-order valence-corrected chi connectivity index (χ3v) is 7.51. The van der Waals surface area contributed by atoms with Crippen molar-refractivity contribution in [3.05, 3.63) is 70.8 Å². The lowest BCUT2D eigenvalue weighted by Gasteiger charge is -2.32. The molecule has 1 atom stereocenters. The summed E-state index contributed by atoms with van der Waals surface area (Å²) >= 11 is 6.82. The van der Waals surface area contributed by atoms with Crippen LogP contribution in [0.5, 0.6) is 0 Å². The first-order valence-corrected chi connectivity index (χ1v) is 14.0. The highest BCUT2D eigenvalue weighted by molar-refractivity contribution is 6.30. The van der Waals surface area contributed by atoms with Gasteiger partial charge in [-0.05, 0) is 61.2 Å². The number of rotatable bonds is 14. The van der Waals surface area contributed by atoms with E-state index in [1.54, 1.807) is 7.05 Å². The van der Waals surface area contributed by atoms with Crippen LogP contribution in [0.4, 0.5) is 0 Å². The zero-order chi connectivity index (χ0) is 28.5. The van der Waals surface area contributed by atoms with Crippen molar-refractivity contribution in [2.45, 2.75) is 57.5 Å². The molecule has 2 aromatic carbocycles. The maximum Gasteiger partial charge on any atom is 0.332 e. The fraction of sp³-hybridized carbons (Fsp3) is 0.414. The van der Waals surface area contributed by atoms with E-state index in [0.29, 0.717) is 36.2 Å². The number of aromatic amines is 1. The lowest BCUT2D eigenvalue weighted by molar-refractivity contribution is -0.149. The van der Waals surface area contributed by atoms with Gasteiger partial charge < -0.3 is 15.0 Å². The van der Waals surface area contributed by atoms with E-state index < -0.39 is 11.5 Å². The molecule has 0 saturated heterocycles. The number of carbonyl (C=O) groups excluding carboxylic acids is 1. The Morgan fingerprint density at radius 3 is 2.50 bits per heavy atom. The van der Waals surface area contributed by atoms with Crippen LogP contribution in [0.25, 0.3) is 22.5 Å². The van der Waals surface area contributed by atoms with Crippen LogP contribution < -0.4 is 11.1 Å². The van der Waals surface area contributed by atoms with Crippen LogP contribution in [0, 0.1) is 0 Å². The van der Waals surface area contributed by atoms with Gasteiger partial charge in [0.05, 0.1) is 12.8 Å². The molecular weight excluding hydrogens is 528 g/mol. The van der Waals surface area contributed by atoms with E-state index in [-0.39, 0.29) is 0 Å². The molecule has 0 aliphatic carbocycles. The summed E-state index contributed by atoms with van der Waals surface area (Å²) in [6, 6.07) is 16.3. The van der Waals surface area contributed by atoms with Crippen molar-refractivity contribution < 1.29 is 9.53 Å². The molecule has 4 rings (SSSR count). The summed E-state index contributed by atoms with van der Waals surface area (Å²) in [5, 5.41) is 18.1. The second kappa shape index (κ2) is 13.6. The van der Waals surface area contributed by atoms with E-state index in [2.05, 4.69) is 61.7 Å². The van der Waals surface area contributed by atoms with Crippen LogP contribution in [-0.2, 0) is 28.0 Å². The zero-order valence-electron chi connectivity index (χ0n) is 23.3. The SMILES string of the molecule is CCCCc1nc(Cl)c([C@](CCCCN)(NC)C(=O)OC)n1Cc1ccc(-c2ccccc2-c2nn[nH]n2)cc1. The quantitative estimate of drug-likeness (QED) is 0.150. The molecule has 2 heterocycles. The average Bonchev–Trinajstić information content (AvgIpc) is 3.63. The number of tetrazole rings is 1. The molecule has 4 N–H and O–H groups in total. The molecular formula is C29H37ClN8O2. The number of H-pyrrole nitrogens is 1. The fourth-order valence-corrected chi connectivity index (χ4v) is 5.48. The zero-order valence-corrected chi connectivity index (χ0v) is 24.0. The summed E-state index contributed by atoms with van der Waals surface area (Å²) in [5.41, 5.74) is 9.21. The van der Waals surface area contributed by atoms with Crippen molar-refractivity contribution in [3.63, 3.8) is 0 Å². The maximum absolute atomic E-state index is 13.3. The first-order chi connectivity index (χ1) is 19.5. The Morgan fingerprint density at radius 2 is 1.88 bits per heavy atom. The number of benzene rings is 2. The van der Waals surface area contributed by atoms with Crippen molar-refractivity contribution in [3.8, 4) is 22.5 Å². The molecule has 40 heavy (non-hydrogen) atoms. The molecule has 2 aromatic heterocycles. The molecule has 0 aliphatic heterocycles. The number of hydrogen-bond acceptors (Lipinski definition) is 8. The number of methoxy groups -OCH3 is 1. The number of aryl methyl sites for hydroxylation is 1. The summed E-state index contributed by atoms with van der Waals surface area (Å²) in [5.74, 6) is 0.986. The number of aromatic nitrogens is 6. The second-order valence-corrected chi connectivity index (χ2v) is 10.1. The molecule has 0 spiro atoms. The molecule has 0 unspecified atom stereocenters. The van der Waals surface area contributed by atoms with E-state index >= 15 is 0 Å². The Labute approximate surface area is 239 Å². The van der Waals surface area contributed by atoms with Crippen LogP contribution in [0.15, 0.2) is 48.5 Å². The van der Waals surface area contributed by atoms with Crippen molar-refractivity contribution in [1.82, 2.24) is 35.5 Å². The molecule has 0 aliphatic rings. The van der Waals surface area contributed by atoms with Gasteiger partial charge in [0, 0.05) is 18.5 Å². The monoisotopic (exact) mass is 564 g/mol. The van der Waals surface area contributed by atoms with Crippen molar-refractivity contribution >= 4 is 17.6 Å². The number of ether oxygens (including phenoxy) is 1. The lowest BCUT2D eigenvalue weighted by atomic mass is 9.88. The predicted molar refractivity (Wildman–Crippen MR) is 156 cm³/mol. The average molecular weight is 565 g/mol. The Hall–Kier alpha value is -3.60. The summed E-state index contributed by atoms with van der Waals surface area (Å²) in [7, 11) is 3.16. The molecule has 11 heteroatoms. The van der Waals surface area contributed by atoms with Gasteiger partial charge in [0.2, 0.25) is 5.82 Å². The van der Waals surface area contributed by atoms with Crippen LogP contribution in [0.3, 0.4) is 0 Å². The highest BCUT2D eigenvalue weighted by atomic mass is 35.5. The molecule has 0 amide bonds. The van der Waals surface area contributed by atoms with E-state index in [9.17, 15) is 4.79 Å². The number of esters is 1. The van der Waals surface area contributed by atoms with Gasteiger partial charge in [-0.1, -0.05) is 73.5 Å². The number of unbranched alkanes of at least 4 members (excludes halogenated alkanes) is 2. The number of carbonyl (C=O) groups is 1. The third kappa shape index (κ3) is 6.09. The summed E-state index contributed by atoms with van der Waals surface area (Å²) in [6.07, 6.45) is 4.71. The summed E-state index contributed by atoms with van der Waals surface area (Å²) in [6.45, 7) is 3.18. The van der Waals surface area contributed by atoms with Gasteiger partial charge in [0.25, 0.3) is 0 Å². The number of nitrogens with one attached hydrogen (secondary N) is 2. The van der Waals surface area contributed by atoms with Gasteiger partial charge in [-0.3, -0.25) is 5.32 Å². The number of nitrogens with zero attached hydrogens (tertiary/aromatic N) is 5. The molecule has 0 saturated carbocycles. The first kappa shape index (κ1) is 29.4. The van der Waals surface area contributed by atoms with Gasteiger partial charge in [0.15, 0.2) is 10.7 Å². The van der Waals surface area contributed by atoms with Gasteiger partial charge in [-0.25, -0.2) is 9.78 Å². The molecule has 0 fully saturated rings. The van der Waals surface area contributed by atoms with E-state index in [1.807, 2.05) is 24.3 Å². The number of likely N-dealkylation sites (N-methyl/N-ethyl adjacent to an activating group) is 1. The van der Waals surface area contributed by atoms with E-state index in [4.69, 9.17) is 27.1 Å². The predicted octanol–water partition coefficient (Wildman–Crippen LogP) is 4.49. The molecule has 0 radical (unpaired) electrons. The van der Waals surface area contributed by atoms with Gasteiger partial charge >= 0.3 is 5.97 Å². The number of nitrogens with two attached hydrogens (primary N) is 1. The minimum Gasteiger partial charge on any atom is -0.467 e. The smallest absolute Gasteiger partial charge is 0.332 e. The Bertz CT molecular complexity index is 1390.